The molecule has 0 saturated carbocycles. The molecule has 2 aromatic carbocycles. The Balaban J connectivity index is 1.42. The quantitative estimate of drug-likeness (QED) is 0.586. The second-order valence-electron chi connectivity index (χ2n) is 6.95. The van der Waals surface area contributed by atoms with Crippen LogP contribution in [0.25, 0.3) is 17.3 Å². The highest BCUT2D eigenvalue weighted by Gasteiger charge is 2.27. The van der Waals surface area contributed by atoms with E-state index in [1.807, 2.05) is 18.2 Å². The second kappa shape index (κ2) is 9.14. The SMILES string of the molecule is COc1ccc(-c2cc(F)cc3c2O[C@@H](CNC(=O)/C=C/c2ccccc2Cl)C3)nn1. The summed E-state index contributed by atoms with van der Waals surface area (Å²) < 4.78 is 25.2. The molecule has 2 heterocycles. The molecule has 0 radical (unpaired) electrons. The molecule has 1 aromatic heterocycles. The highest BCUT2D eigenvalue weighted by Crippen LogP contribution is 2.39. The Kier molecular flexibility index (Phi) is 6.13. The smallest absolute Gasteiger partial charge is 0.244 e. The first-order valence-corrected chi connectivity index (χ1v) is 9.99. The van der Waals surface area contributed by atoms with Gasteiger partial charge < -0.3 is 14.8 Å². The molecule has 1 N–H and O–H groups in total. The molecule has 1 atom stereocenters. The number of nitrogens with one attached hydrogen (secondary N) is 1. The van der Waals surface area contributed by atoms with Gasteiger partial charge in [-0.1, -0.05) is 29.8 Å². The fourth-order valence-corrected chi connectivity index (χ4v) is 3.52. The van der Waals surface area contributed by atoms with Crippen molar-refractivity contribution < 1.29 is 18.7 Å². The van der Waals surface area contributed by atoms with Crippen LogP contribution in [0.2, 0.25) is 5.02 Å². The van der Waals surface area contributed by atoms with Crippen molar-refractivity contribution in [3.8, 4) is 22.9 Å². The van der Waals surface area contributed by atoms with Gasteiger partial charge >= 0.3 is 0 Å². The van der Waals surface area contributed by atoms with Crippen LogP contribution in [0.5, 0.6) is 11.6 Å². The average Bonchev–Trinajstić information content (AvgIpc) is 3.19. The molecule has 0 saturated heterocycles. The topological polar surface area (TPSA) is 73.3 Å². The second-order valence-corrected chi connectivity index (χ2v) is 7.35. The largest absolute Gasteiger partial charge is 0.487 e. The molecule has 0 unspecified atom stereocenters. The number of fused-ring (bicyclic) bond motifs is 1. The zero-order valence-electron chi connectivity index (χ0n) is 16.6. The predicted octanol–water partition coefficient (Wildman–Crippen LogP) is 4.08. The van der Waals surface area contributed by atoms with Gasteiger partial charge in [0.25, 0.3) is 0 Å². The molecule has 6 nitrogen and oxygen atoms in total. The normalized spacial score (nSPS) is 14.9. The number of benzene rings is 2. The zero-order valence-corrected chi connectivity index (χ0v) is 17.4. The van der Waals surface area contributed by atoms with Gasteiger partial charge in [0.15, 0.2) is 0 Å². The summed E-state index contributed by atoms with van der Waals surface area (Å²) in [6.07, 6.45) is 3.22. The third-order valence-electron chi connectivity index (χ3n) is 4.81. The minimum absolute atomic E-state index is 0.271. The van der Waals surface area contributed by atoms with Gasteiger partial charge in [0.05, 0.1) is 19.3 Å². The molecule has 4 rings (SSSR count). The number of rotatable bonds is 6. The molecule has 8 heteroatoms. The lowest BCUT2D eigenvalue weighted by Crippen LogP contribution is -2.33. The first-order chi connectivity index (χ1) is 15.0. The molecule has 1 aliphatic heterocycles. The molecule has 1 aliphatic rings. The minimum atomic E-state index is -0.387. The standard InChI is InChI=1S/C23H19ClFN3O3/c1-30-22-9-7-20(27-28-22)18-12-16(25)10-15-11-17(31-23(15)18)13-26-21(29)8-6-14-4-2-3-5-19(14)24/h2-10,12,17H,11,13H2,1H3,(H,26,29)/b8-6+/t17-/m1/s1. The van der Waals surface area contributed by atoms with E-state index in [1.54, 1.807) is 24.3 Å². The van der Waals surface area contributed by atoms with Crippen LogP contribution in [-0.2, 0) is 11.2 Å². The Bertz CT molecular complexity index is 1140. The molecular weight excluding hydrogens is 421 g/mol. The van der Waals surface area contributed by atoms with Crippen molar-refractivity contribution in [2.24, 2.45) is 0 Å². The third-order valence-corrected chi connectivity index (χ3v) is 5.16. The van der Waals surface area contributed by atoms with Crippen molar-refractivity contribution in [1.29, 1.82) is 0 Å². The van der Waals surface area contributed by atoms with Crippen LogP contribution in [0.1, 0.15) is 11.1 Å². The number of carbonyl (C=O) groups excluding carboxylic acids is 1. The number of aromatic nitrogens is 2. The summed E-state index contributed by atoms with van der Waals surface area (Å²) >= 11 is 6.08. The van der Waals surface area contributed by atoms with Crippen molar-refractivity contribution in [2.75, 3.05) is 13.7 Å². The summed E-state index contributed by atoms with van der Waals surface area (Å²) in [5.74, 6) is 0.254. The first-order valence-electron chi connectivity index (χ1n) is 9.61. The van der Waals surface area contributed by atoms with Gasteiger partial charge in [0.2, 0.25) is 11.8 Å². The summed E-state index contributed by atoms with van der Waals surface area (Å²) in [4.78, 5) is 12.2. The highest BCUT2D eigenvalue weighted by molar-refractivity contribution is 6.32. The van der Waals surface area contributed by atoms with Gasteiger partial charge in [-0.3, -0.25) is 4.79 Å². The highest BCUT2D eigenvalue weighted by atomic mass is 35.5. The van der Waals surface area contributed by atoms with E-state index >= 15 is 0 Å². The van der Waals surface area contributed by atoms with Gasteiger partial charge in [0.1, 0.15) is 17.7 Å². The van der Waals surface area contributed by atoms with Crippen molar-refractivity contribution in [1.82, 2.24) is 15.5 Å². The molecule has 0 spiro atoms. The minimum Gasteiger partial charge on any atom is -0.487 e. The van der Waals surface area contributed by atoms with Crippen LogP contribution in [0.3, 0.4) is 0 Å². The molecule has 1 amide bonds. The van der Waals surface area contributed by atoms with Crippen molar-refractivity contribution in [2.45, 2.75) is 12.5 Å². The molecule has 31 heavy (non-hydrogen) atoms. The first kappa shape index (κ1) is 20.8. The van der Waals surface area contributed by atoms with Crippen molar-refractivity contribution in [3.05, 3.63) is 76.6 Å². The van der Waals surface area contributed by atoms with E-state index in [4.69, 9.17) is 21.1 Å². The van der Waals surface area contributed by atoms with Crippen LogP contribution >= 0.6 is 11.6 Å². The maximum atomic E-state index is 14.2. The van der Waals surface area contributed by atoms with Crippen LogP contribution in [0.4, 0.5) is 4.39 Å². The molecule has 0 aliphatic carbocycles. The Hall–Kier alpha value is -3.45. The number of hydrogen-bond donors (Lipinski definition) is 1. The van der Waals surface area contributed by atoms with Gasteiger partial charge in [0, 0.05) is 34.7 Å². The number of amides is 1. The molecule has 158 valence electrons. The Morgan fingerprint density at radius 2 is 2.13 bits per heavy atom. The number of ether oxygens (including phenoxy) is 2. The van der Waals surface area contributed by atoms with Crippen LogP contribution in [-0.4, -0.2) is 35.9 Å². The summed E-state index contributed by atoms with van der Waals surface area (Å²) in [5.41, 5.74) is 2.46. The summed E-state index contributed by atoms with van der Waals surface area (Å²) in [5, 5.41) is 11.4. The van der Waals surface area contributed by atoms with Gasteiger partial charge in [-0.2, -0.15) is 0 Å². The molecular formula is C23H19ClFN3O3. The summed E-state index contributed by atoms with van der Waals surface area (Å²) in [7, 11) is 1.50. The fraction of sp³-hybridized carbons (Fsp3) is 0.174. The van der Waals surface area contributed by atoms with E-state index in [0.29, 0.717) is 34.3 Å². The molecule has 0 fully saturated rings. The van der Waals surface area contributed by atoms with Crippen LogP contribution in [0, 0.1) is 5.82 Å². The van der Waals surface area contributed by atoms with Crippen LogP contribution < -0.4 is 14.8 Å². The van der Waals surface area contributed by atoms with Crippen LogP contribution in [0.15, 0.2) is 54.6 Å². The maximum Gasteiger partial charge on any atom is 0.244 e. The van der Waals surface area contributed by atoms with Crippen molar-refractivity contribution in [3.63, 3.8) is 0 Å². The van der Waals surface area contributed by atoms with Gasteiger partial charge in [-0.05, 0) is 35.9 Å². The van der Waals surface area contributed by atoms with E-state index in [0.717, 1.165) is 11.1 Å². The predicted molar refractivity (Wildman–Crippen MR) is 116 cm³/mol. The number of halogens is 2. The number of nitrogens with zero attached hydrogens (tertiary/aromatic N) is 2. The monoisotopic (exact) mass is 439 g/mol. The van der Waals surface area contributed by atoms with E-state index in [1.165, 1.54) is 25.3 Å². The van der Waals surface area contributed by atoms with E-state index < -0.39 is 0 Å². The van der Waals surface area contributed by atoms with E-state index in [9.17, 15) is 9.18 Å². The van der Waals surface area contributed by atoms with E-state index in [-0.39, 0.29) is 24.4 Å². The Labute approximate surface area is 183 Å². The fourth-order valence-electron chi connectivity index (χ4n) is 3.32. The van der Waals surface area contributed by atoms with Gasteiger partial charge in [-0.15, -0.1) is 10.2 Å². The number of carbonyl (C=O) groups is 1. The average molecular weight is 440 g/mol. The third kappa shape index (κ3) is 4.83. The number of hydrogen-bond acceptors (Lipinski definition) is 5. The Morgan fingerprint density at radius 1 is 1.29 bits per heavy atom. The summed E-state index contributed by atoms with van der Waals surface area (Å²) in [6.45, 7) is 0.274. The zero-order chi connectivity index (χ0) is 21.8. The lowest BCUT2D eigenvalue weighted by atomic mass is 10.0. The summed E-state index contributed by atoms with van der Waals surface area (Å²) in [6, 6.07) is 13.4. The lowest BCUT2D eigenvalue weighted by molar-refractivity contribution is -0.116. The lowest BCUT2D eigenvalue weighted by Gasteiger charge is -2.12. The Morgan fingerprint density at radius 3 is 2.87 bits per heavy atom. The molecule has 3 aromatic rings. The maximum absolute atomic E-state index is 14.2. The van der Waals surface area contributed by atoms with Crippen molar-refractivity contribution >= 4 is 23.6 Å². The number of methoxy groups -OCH3 is 1. The van der Waals surface area contributed by atoms with E-state index in [2.05, 4.69) is 15.5 Å². The van der Waals surface area contributed by atoms with Gasteiger partial charge in [-0.25, -0.2) is 4.39 Å². The molecule has 0 bridgehead atoms.